The van der Waals surface area contributed by atoms with Crippen LogP contribution in [-0.2, 0) is 0 Å². The number of aryl methyl sites for hydroxylation is 1. The highest BCUT2D eigenvalue weighted by Crippen LogP contribution is 2.20. The molecule has 1 unspecified atom stereocenters. The first-order valence-corrected chi connectivity index (χ1v) is 5.24. The molecule has 0 aliphatic carbocycles. The Morgan fingerprint density at radius 1 is 1.00 bits per heavy atom. The smallest absolute Gasteiger partial charge is 0.123 e. The molecule has 2 aromatic rings. The van der Waals surface area contributed by atoms with E-state index in [-0.39, 0.29) is 11.9 Å². The SMILES string of the molecule is Cc1cccc(C(N)c2cccc(F)c2)c1. The monoisotopic (exact) mass is 215 g/mol. The van der Waals surface area contributed by atoms with Gasteiger partial charge in [-0.2, -0.15) is 0 Å². The minimum absolute atomic E-state index is 0.249. The number of hydrogen-bond acceptors (Lipinski definition) is 1. The van der Waals surface area contributed by atoms with Crippen LogP contribution in [0.1, 0.15) is 22.7 Å². The van der Waals surface area contributed by atoms with E-state index in [0.717, 1.165) is 16.7 Å². The Kier molecular flexibility index (Phi) is 3.02. The highest BCUT2D eigenvalue weighted by atomic mass is 19.1. The molecule has 0 saturated carbocycles. The Morgan fingerprint density at radius 3 is 2.25 bits per heavy atom. The lowest BCUT2D eigenvalue weighted by Gasteiger charge is -2.13. The maximum atomic E-state index is 13.1. The van der Waals surface area contributed by atoms with Crippen LogP contribution in [0.15, 0.2) is 48.5 Å². The molecular weight excluding hydrogens is 201 g/mol. The molecule has 82 valence electrons. The molecule has 0 radical (unpaired) electrons. The summed E-state index contributed by atoms with van der Waals surface area (Å²) in [6.45, 7) is 2.02. The third-order valence-electron chi connectivity index (χ3n) is 2.61. The fourth-order valence-corrected chi connectivity index (χ4v) is 1.76. The lowest BCUT2D eigenvalue weighted by atomic mass is 9.98. The predicted octanol–water partition coefficient (Wildman–Crippen LogP) is 3.18. The summed E-state index contributed by atoms with van der Waals surface area (Å²) in [5.74, 6) is -0.249. The number of halogens is 1. The van der Waals surface area contributed by atoms with Gasteiger partial charge in [0, 0.05) is 0 Å². The van der Waals surface area contributed by atoms with Gasteiger partial charge < -0.3 is 5.73 Å². The molecule has 0 aromatic heterocycles. The van der Waals surface area contributed by atoms with Crippen molar-refractivity contribution in [1.29, 1.82) is 0 Å². The van der Waals surface area contributed by atoms with Gasteiger partial charge in [-0.05, 0) is 30.2 Å². The van der Waals surface area contributed by atoms with E-state index < -0.39 is 0 Å². The van der Waals surface area contributed by atoms with Gasteiger partial charge in [0.25, 0.3) is 0 Å². The Hall–Kier alpha value is -1.67. The summed E-state index contributed by atoms with van der Waals surface area (Å²) in [6.07, 6.45) is 0. The third-order valence-corrected chi connectivity index (χ3v) is 2.61. The lowest BCUT2D eigenvalue weighted by Crippen LogP contribution is -2.12. The van der Waals surface area contributed by atoms with E-state index in [1.165, 1.54) is 12.1 Å². The van der Waals surface area contributed by atoms with Crippen molar-refractivity contribution in [2.45, 2.75) is 13.0 Å². The average Bonchev–Trinajstić information content (AvgIpc) is 2.28. The van der Waals surface area contributed by atoms with Crippen molar-refractivity contribution in [3.63, 3.8) is 0 Å². The van der Waals surface area contributed by atoms with Gasteiger partial charge in [-0.15, -0.1) is 0 Å². The number of hydrogen-bond donors (Lipinski definition) is 1. The molecule has 0 aliphatic heterocycles. The Morgan fingerprint density at radius 2 is 1.62 bits per heavy atom. The van der Waals surface area contributed by atoms with E-state index in [9.17, 15) is 4.39 Å². The molecule has 0 bridgehead atoms. The summed E-state index contributed by atoms with van der Waals surface area (Å²) in [5, 5.41) is 0. The van der Waals surface area contributed by atoms with Gasteiger partial charge in [-0.25, -0.2) is 4.39 Å². The van der Waals surface area contributed by atoms with Crippen molar-refractivity contribution in [3.8, 4) is 0 Å². The first kappa shape index (κ1) is 10.8. The second kappa shape index (κ2) is 4.45. The van der Waals surface area contributed by atoms with Crippen molar-refractivity contribution >= 4 is 0 Å². The molecule has 2 aromatic carbocycles. The van der Waals surface area contributed by atoms with Crippen LogP contribution in [0, 0.1) is 12.7 Å². The van der Waals surface area contributed by atoms with Crippen LogP contribution in [0.25, 0.3) is 0 Å². The van der Waals surface area contributed by atoms with Gasteiger partial charge in [0.15, 0.2) is 0 Å². The van der Waals surface area contributed by atoms with Crippen molar-refractivity contribution in [2.75, 3.05) is 0 Å². The summed E-state index contributed by atoms with van der Waals surface area (Å²) < 4.78 is 13.1. The molecule has 0 heterocycles. The molecule has 16 heavy (non-hydrogen) atoms. The van der Waals surface area contributed by atoms with Gasteiger partial charge in [0.2, 0.25) is 0 Å². The summed E-state index contributed by atoms with van der Waals surface area (Å²) in [7, 11) is 0. The van der Waals surface area contributed by atoms with Gasteiger partial charge >= 0.3 is 0 Å². The van der Waals surface area contributed by atoms with Crippen LogP contribution in [0.4, 0.5) is 4.39 Å². The maximum absolute atomic E-state index is 13.1. The highest BCUT2D eigenvalue weighted by molar-refractivity contribution is 5.33. The zero-order chi connectivity index (χ0) is 11.5. The van der Waals surface area contributed by atoms with Crippen LogP contribution in [0.2, 0.25) is 0 Å². The zero-order valence-electron chi connectivity index (χ0n) is 9.15. The highest BCUT2D eigenvalue weighted by Gasteiger charge is 2.09. The normalized spacial score (nSPS) is 12.4. The molecule has 1 atom stereocenters. The summed E-state index contributed by atoms with van der Waals surface area (Å²) in [6, 6.07) is 14.1. The molecule has 0 saturated heterocycles. The molecular formula is C14H14FN. The fraction of sp³-hybridized carbons (Fsp3) is 0.143. The van der Waals surface area contributed by atoms with E-state index in [4.69, 9.17) is 5.73 Å². The lowest BCUT2D eigenvalue weighted by molar-refractivity contribution is 0.623. The Bertz CT molecular complexity index is 448. The molecule has 0 amide bonds. The quantitative estimate of drug-likeness (QED) is 0.818. The molecule has 2 N–H and O–H groups in total. The van der Waals surface area contributed by atoms with Crippen LogP contribution >= 0.6 is 0 Å². The van der Waals surface area contributed by atoms with Crippen molar-refractivity contribution < 1.29 is 4.39 Å². The van der Waals surface area contributed by atoms with Crippen LogP contribution in [0.5, 0.6) is 0 Å². The zero-order valence-corrected chi connectivity index (χ0v) is 9.15. The third kappa shape index (κ3) is 2.28. The largest absolute Gasteiger partial charge is 0.320 e. The van der Waals surface area contributed by atoms with Gasteiger partial charge in [-0.1, -0.05) is 42.0 Å². The van der Waals surface area contributed by atoms with Crippen molar-refractivity contribution in [3.05, 3.63) is 71.0 Å². The number of nitrogens with two attached hydrogens (primary N) is 1. The van der Waals surface area contributed by atoms with Crippen LogP contribution < -0.4 is 5.73 Å². The van der Waals surface area contributed by atoms with E-state index in [1.54, 1.807) is 6.07 Å². The maximum Gasteiger partial charge on any atom is 0.123 e. The van der Waals surface area contributed by atoms with Gasteiger partial charge in [-0.3, -0.25) is 0 Å². The molecule has 0 aliphatic rings. The second-order valence-electron chi connectivity index (χ2n) is 3.95. The average molecular weight is 215 g/mol. The number of rotatable bonds is 2. The Labute approximate surface area is 94.7 Å². The topological polar surface area (TPSA) is 26.0 Å². The van der Waals surface area contributed by atoms with E-state index in [1.807, 2.05) is 37.3 Å². The minimum atomic E-state index is -0.268. The molecule has 1 nitrogen and oxygen atoms in total. The fourth-order valence-electron chi connectivity index (χ4n) is 1.76. The van der Waals surface area contributed by atoms with Crippen molar-refractivity contribution in [2.24, 2.45) is 5.73 Å². The molecule has 0 spiro atoms. The van der Waals surface area contributed by atoms with E-state index >= 15 is 0 Å². The first-order valence-electron chi connectivity index (χ1n) is 5.24. The first-order chi connectivity index (χ1) is 7.66. The summed E-state index contributed by atoms with van der Waals surface area (Å²) in [4.78, 5) is 0. The van der Waals surface area contributed by atoms with Gasteiger partial charge in [0.1, 0.15) is 5.82 Å². The van der Waals surface area contributed by atoms with Crippen molar-refractivity contribution in [1.82, 2.24) is 0 Å². The summed E-state index contributed by atoms with van der Waals surface area (Å²) >= 11 is 0. The molecule has 2 heteroatoms. The van der Waals surface area contributed by atoms with E-state index in [0.29, 0.717) is 0 Å². The Balaban J connectivity index is 2.35. The second-order valence-corrected chi connectivity index (χ2v) is 3.95. The van der Waals surface area contributed by atoms with E-state index in [2.05, 4.69) is 0 Å². The van der Waals surface area contributed by atoms with Gasteiger partial charge in [0.05, 0.1) is 6.04 Å². The number of benzene rings is 2. The predicted molar refractivity (Wildman–Crippen MR) is 63.6 cm³/mol. The minimum Gasteiger partial charge on any atom is -0.320 e. The van der Waals surface area contributed by atoms with Crippen LogP contribution in [0.3, 0.4) is 0 Å². The van der Waals surface area contributed by atoms with Crippen LogP contribution in [-0.4, -0.2) is 0 Å². The summed E-state index contributed by atoms with van der Waals surface area (Å²) in [5.41, 5.74) is 9.05. The molecule has 0 fully saturated rings. The standard InChI is InChI=1S/C14H14FN/c1-10-4-2-5-11(8-10)14(16)12-6-3-7-13(15)9-12/h2-9,14H,16H2,1H3. The molecule has 2 rings (SSSR count).